The highest BCUT2D eigenvalue weighted by Crippen LogP contribution is 2.30. The zero-order chi connectivity index (χ0) is 12.8. The van der Waals surface area contributed by atoms with E-state index < -0.39 is 0 Å². The van der Waals surface area contributed by atoms with Crippen LogP contribution in [0.4, 0.5) is 0 Å². The van der Waals surface area contributed by atoms with Crippen LogP contribution in [0.1, 0.15) is 44.2 Å². The van der Waals surface area contributed by atoms with Gasteiger partial charge >= 0.3 is 0 Å². The van der Waals surface area contributed by atoms with Gasteiger partial charge in [-0.3, -0.25) is 0 Å². The van der Waals surface area contributed by atoms with Gasteiger partial charge in [-0.25, -0.2) is 0 Å². The minimum absolute atomic E-state index is 0.225. The molecule has 0 spiro atoms. The lowest BCUT2D eigenvalue weighted by Gasteiger charge is -2.19. The standard InChI is InChI=1S/C14H18ClNO/c1-4-6-12(5-2)17-13-8-7-11(9-16)14(15)10(13)3/h7-8,12H,4-6H2,1-3H3/t12-/m0/s1. The van der Waals surface area contributed by atoms with Crippen LogP contribution in [-0.2, 0) is 0 Å². The molecule has 0 aliphatic rings. The lowest BCUT2D eigenvalue weighted by molar-refractivity contribution is 0.184. The van der Waals surface area contributed by atoms with Gasteiger partial charge in [-0.15, -0.1) is 0 Å². The molecule has 0 saturated heterocycles. The van der Waals surface area contributed by atoms with Crippen molar-refractivity contribution in [1.29, 1.82) is 5.26 Å². The Hall–Kier alpha value is -1.20. The van der Waals surface area contributed by atoms with Crippen LogP contribution in [-0.4, -0.2) is 6.10 Å². The van der Waals surface area contributed by atoms with E-state index in [4.69, 9.17) is 21.6 Å². The molecule has 92 valence electrons. The Bertz CT molecular complexity index is 423. The van der Waals surface area contributed by atoms with Crippen molar-refractivity contribution in [2.45, 2.75) is 46.1 Å². The largest absolute Gasteiger partial charge is 0.490 e. The molecule has 3 heteroatoms. The second-order valence-corrected chi connectivity index (χ2v) is 4.48. The van der Waals surface area contributed by atoms with Crippen molar-refractivity contribution in [3.8, 4) is 11.8 Å². The summed E-state index contributed by atoms with van der Waals surface area (Å²) >= 11 is 6.10. The van der Waals surface area contributed by atoms with E-state index >= 15 is 0 Å². The number of hydrogen-bond donors (Lipinski definition) is 0. The average molecular weight is 252 g/mol. The number of nitrogens with zero attached hydrogens (tertiary/aromatic N) is 1. The van der Waals surface area contributed by atoms with Gasteiger partial charge in [0.05, 0.1) is 16.7 Å². The van der Waals surface area contributed by atoms with Crippen LogP contribution in [0.5, 0.6) is 5.75 Å². The van der Waals surface area contributed by atoms with Gasteiger partial charge in [0.15, 0.2) is 0 Å². The molecule has 1 aromatic rings. The molecule has 1 rings (SSSR count). The van der Waals surface area contributed by atoms with Crippen LogP contribution in [0.2, 0.25) is 5.02 Å². The predicted molar refractivity (Wildman–Crippen MR) is 70.5 cm³/mol. The number of ether oxygens (including phenoxy) is 1. The van der Waals surface area contributed by atoms with Gasteiger partial charge in [0.25, 0.3) is 0 Å². The number of halogens is 1. The molecule has 17 heavy (non-hydrogen) atoms. The minimum Gasteiger partial charge on any atom is -0.490 e. The van der Waals surface area contributed by atoms with Crippen molar-refractivity contribution in [3.63, 3.8) is 0 Å². The van der Waals surface area contributed by atoms with Gasteiger partial charge in [-0.2, -0.15) is 5.26 Å². The maximum absolute atomic E-state index is 8.87. The molecule has 0 bridgehead atoms. The van der Waals surface area contributed by atoms with Gasteiger partial charge in [0.1, 0.15) is 11.8 Å². The molecule has 0 unspecified atom stereocenters. The van der Waals surface area contributed by atoms with E-state index in [1.165, 1.54) is 0 Å². The summed E-state index contributed by atoms with van der Waals surface area (Å²) in [5.41, 5.74) is 1.35. The van der Waals surface area contributed by atoms with Gasteiger partial charge in [0.2, 0.25) is 0 Å². The van der Waals surface area contributed by atoms with E-state index in [2.05, 4.69) is 19.9 Å². The highest BCUT2D eigenvalue weighted by atomic mass is 35.5. The van der Waals surface area contributed by atoms with E-state index in [9.17, 15) is 0 Å². The SMILES string of the molecule is CCC[C@H](CC)Oc1ccc(C#N)c(Cl)c1C. The van der Waals surface area contributed by atoms with Crippen molar-refractivity contribution in [2.24, 2.45) is 0 Å². The topological polar surface area (TPSA) is 33.0 Å². The quantitative estimate of drug-likeness (QED) is 0.773. The Morgan fingerprint density at radius 2 is 2.12 bits per heavy atom. The Kier molecular flexibility index (Phi) is 5.31. The van der Waals surface area contributed by atoms with E-state index in [-0.39, 0.29) is 6.10 Å². The molecule has 1 aromatic carbocycles. The predicted octanol–water partition coefficient (Wildman–Crippen LogP) is 4.48. The molecule has 0 aliphatic carbocycles. The smallest absolute Gasteiger partial charge is 0.124 e. The van der Waals surface area contributed by atoms with Gasteiger partial charge in [0, 0.05) is 5.56 Å². The number of rotatable bonds is 5. The molecule has 0 amide bonds. The summed E-state index contributed by atoms with van der Waals surface area (Å²) in [6.07, 6.45) is 3.34. The van der Waals surface area contributed by atoms with Gasteiger partial charge < -0.3 is 4.74 Å². The summed E-state index contributed by atoms with van der Waals surface area (Å²) < 4.78 is 5.92. The van der Waals surface area contributed by atoms with E-state index in [1.54, 1.807) is 6.07 Å². The molecule has 0 heterocycles. The third kappa shape index (κ3) is 3.38. The fraction of sp³-hybridized carbons (Fsp3) is 0.500. The maximum atomic E-state index is 8.87. The number of hydrogen-bond acceptors (Lipinski definition) is 2. The van der Waals surface area contributed by atoms with Crippen molar-refractivity contribution >= 4 is 11.6 Å². The second-order valence-electron chi connectivity index (χ2n) is 4.10. The van der Waals surface area contributed by atoms with Crippen molar-refractivity contribution < 1.29 is 4.74 Å². The number of benzene rings is 1. The Morgan fingerprint density at radius 1 is 1.41 bits per heavy atom. The van der Waals surface area contributed by atoms with Crippen LogP contribution in [0.25, 0.3) is 0 Å². The number of nitriles is 1. The lowest BCUT2D eigenvalue weighted by Crippen LogP contribution is -2.15. The van der Waals surface area contributed by atoms with Crippen LogP contribution >= 0.6 is 11.6 Å². The van der Waals surface area contributed by atoms with Crippen LogP contribution < -0.4 is 4.74 Å². The summed E-state index contributed by atoms with van der Waals surface area (Å²) in [4.78, 5) is 0. The maximum Gasteiger partial charge on any atom is 0.124 e. The fourth-order valence-electron chi connectivity index (χ4n) is 1.73. The minimum atomic E-state index is 0.225. The average Bonchev–Trinajstić information content (AvgIpc) is 2.34. The molecule has 1 atom stereocenters. The van der Waals surface area contributed by atoms with Gasteiger partial charge in [-0.05, 0) is 31.9 Å². The first-order valence-corrected chi connectivity index (χ1v) is 6.37. The molecule has 0 radical (unpaired) electrons. The Balaban J connectivity index is 2.93. The third-order valence-corrected chi connectivity index (χ3v) is 3.30. The van der Waals surface area contributed by atoms with Crippen LogP contribution in [0.3, 0.4) is 0 Å². The van der Waals surface area contributed by atoms with Crippen LogP contribution in [0, 0.1) is 18.3 Å². The second kappa shape index (κ2) is 6.51. The van der Waals surface area contributed by atoms with Crippen molar-refractivity contribution in [1.82, 2.24) is 0 Å². The molecule has 0 saturated carbocycles. The molecular weight excluding hydrogens is 234 g/mol. The monoisotopic (exact) mass is 251 g/mol. The van der Waals surface area contributed by atoms with E-state index in [0.717, 1.165) is 30.6 Å². The summed E-state index contributed by atoms with van der Waals surface area (Å²) in [6.45, 7) is 6.14. The highest BCUT2D eigenvalue weighted by molar-refractivity contribution is 6.32. The Labute approximate surface area is 108 Å². The summed E-state index contributed by atoms with van der Waals surface area (Å²) in [5.74, 6) is 0.786. The summed E-state index contributed by atoms with van der Waals surface area (Å²) in [7, 11) is 0. The summed E-state index contributed by atoms with van der Waals surface area (Å²) in [6, 6.07) is 5.61. The fourth-order valence-corrected chi connectivity index (χ4v) is 1.93. The van der Waals surface area contributed by atoms with Gasteiger partial charge in [-0.1, -0.05) is 31.9 Å². The molecule has 2 nitrogen and oxygen atoms in total. The zero-order valence-electron chi connectivity index (χ0n) is 10.6. The zero-order valence-corrected chi connectivity index (χ0v) is 11.3. The first kappa shape index (κ1) is 13.9. The van der Waals surface area contributed by atoms with E-state index in [0.29, 0.717) is 10.6 Å². The molecular formula is C14H18ClNO. The molecule has 0 fully saturated rings. The molecule has 0 N–H and O–H groups in total. The van der Waals surface area contributed by atoms with E-state index in [1.807, 2.05) is 13.0 Å². The Morgan fingerprint density at radius 3 is 2.65 bits per heavy atom. The van der Waals surface area contributed by atoms with Crippen LogP contribution in [0.15, 0.2) is 12.1 Å². The first-order chi connectivity index (χ1) is 8.13. The first-order valence-electron chi connectivity index (χ1n) is 5.99. The summed E-state index contributed by atoms with van der Waals surface area (Å²) in [5, 5.41) is 9.37. The lowest BCUT2D eigenvalue weighted by atomic mass is 10.1. The normalized spacial score (nSPS) is 11.9. The third-order valence-electron chi connectivity index (χ3n) is 2.82. The highest BCUT2D eigenvalue weighted by Gasteiger charge is 2.12. The molecule has 0 aromatic heterocycles. The molecule has 0 aliphatic heterocycles. The van der Waals surface area contributed by atoms with Crippen molar-refractivity contribution in [2.75, 3.05) is 0 Å². The van der Waals surface area contributed by atoms with Crippen molar-refractivity contribution in [3.05, 3.63) is 28.3 Å².